The molecule has 0 fully saturated rings. The van der Waals surface area contributed by atoms with Gasteiger partial charge in [0.1, 0.15) is 23.8 Å². The van der Waals surface area contributed by atoms with E-state index in [0.29, 0.717) is 21.8 Å². The number of nitrogens with two attached hydrogens (primary N) is 1. The number of nitrogen functional groups attached to an aromatic ring is 1. The number of anilines is 3. The molecule has 88 valence electrons. The van der Waals surface area contributed by atoms with Crippen LogP contribution in [0, 0.1) is 12.7 Å². The fraction of sp³-hybridized carbons (Fsp3) is 0.0909. The van der Waals surface area contributed by atoms with Crippen LogP contribution >= 0.6 is 15.9 Å². The summed E-state index contributed by atoms with van der Waals surface area (Å²) in [7, 11) is 0. The Bertz CT molecular complexity index is 559. The van der Waals surface area contributed by atoms with E-state index in [2.05, 4.69) is 31.2 Å². The van der Waals surface area contributed by atoms with Crippen molar-refractivity contribution in [1.82, 2.24) is 9.97 Å². The third-order valence-electron chi connectivity index (χ3n) is 2.31. The Morgan fingerprint density at radius 3 is 2.82 bits per heavy atom. The lowest BCUT2D eigenvalue weighted by atomic mass is 10.2. The highest BCUT2D eigenvalue weighted by atomic mass is 79.9. The molecule has 1 heterocycles. The Morgan fingerprint density at radius 1 is 1.35 bits per heavy atom. The molecule has 1 aromatic carbocycles. The Morgan fingerprint density at radius 2 is 2.12 bits per heavy atom. The molecule has 0 unspecified atom stereocenters. The molecule has 4 nitrogen and oxygen atoms in total. The van der Waals surface area contributed by atoms with E-state index < -0.39 is 0 Å². The topological polar surface area (TPSA) is 63.8 Å². The number of aromatic nitrogens is 2. The van der Waals surface area contributed by atoms with Gasteiger partial charge < -0.3 is 11.1 Å². The number of hydrogen-bond acceptors (Lipinski definition) is 4. The maximum Gasteiger partial charge on any atom is 0.139 e. The Labute approximate surface area is 106 Å². The van der Waals surface area contributed by atoms with Gasteiger partial charge in [0.15, 0.2) is 0 Å². The number of halogens is 2. The number of nitrogens with zero attached hydrogens (tertiary/aromatic N) is 2. The molecule has 17 heavy (non-hydrogen) atoms. The minimum Gasteiger partial charge on any atom is -0.383 e. The predicted molar refractivity (Wildman–Crippen MR) is 68.6 cm³/mol. The molecule has 2 aromatic rings. The zero-order valence-corrected chi connectivity index (χ0v) is 10.6. The summed E-state index contributed by atoms with van der Waals surface area (Å²) in [5.74, 6) is 0.633. The van der Waals surface area contributed by atoms with Crippen LogP contribution in [0.15, 0.2) is 29.0 Å². The van der Waals surface area contributed by atoms with Crippen molar-refractivity contribution < 1.29 is 4.39 Å². The molecule has 0 aliphatic heterocycles. The largest absolute Gasteiger partial charge is 0.383 e. The Hall–Kier alpha value is -1.69. The third kappa shape index (κ3) is 2.52. The summed E-state index contributed by atoms with van der Waals surface area (Å²) >= 11 is 3.09. The van der Waals surface area contributed by atoms with Gasteiger partial charge in [-0.1, -0.05) is 0 Å². The van der Waals surface area contributed by atoms with E-state index >= 15 is 0 Å². The smallest absolute Gasteiger partial charge is 0.139 e. The van der Waals surface area contributed by atoms with Crippen LogP contribution in [0.2, 0.25) is 0 Å². The molecule has 0 aliphatic carbocycles. The average Bonchev–Trinajstić information content (AvgIpc) is 2.30. The van der Waals surface area contributed by atoms with Crippen LogP contribution in [0.5, 0.6) is 0 Å². The molecular weight excluding hydrogens is 287 g/mol. The van der Waals surface area contributed by atoms with Gasteiger partial charge in [0.25, 0.3) is 0 Å². The molecule has 1 aromatic heterocycles. The van der Waals surface area contributed by atoms with Gasteiger partial charge in [0.05, 0.1) is 4.47 Å². The van der Waals surface area contributed by atoms with Crippen molar-refractivity contribution in [3.63, 3.8) is 0 Å². The highest BCUT2D eigenvalue weighted by Crippen LogP contribution is 2.24. The fourth-order valence-corrected chi connectivity index (χ4v) is 1.55. The van der Waals surface area contributed by atoms with Crippen LogP contribution in [-0.2, 0) is 0 Å². The first-order valence-electron chi connectivity index (χ1n) is 4.87. The standard InChI is InChI=1S/C11H10BrFN4/c1-6-10(14)15-5-16-11(6)17-7-2-3-8(12)9(13)4-7/h2-5H,1H3,(H3,14,15,16,17). The SMILES string of the molecule is Cc1c(N)ncnc1Nc1ccc(Br)c(F)c1. The van der Waals surface area contributed by atoms with Crippen LogP contribution in [0.4, 0.5) is 21.7 Å². The van der Waals surface area contributed by atoms with Gasteiger partial charge in [0, 0.05) is 11.3 Å². The van der Waals surface area contributed by atoms with Crippen LogP contribution in [0.3, 0.4) is 0 Å². The van der Waals surface area contributed by atoms with Crippen molar-refractivity contribution in [2.45, 2.75) is 6.92 Å². The van der Waals surface area contributed by atoms with E-state index in [4.69, 9.17) is 5.73 Å². The molecule has 0 radical (unpaired) electrons. The van der Waals surface area contributed by atoms with Crippen molar-refractivity contribution in [1.29, 1.82) is 0 Å². The minimum absolute atomic E-state index is 0.338. The number of benzene rings is 1. The molecule has 0 saturated heterocycles. The number of rotatable bonds is 2. The van der Waals surface area contributed by atoms with Gasteiger partial charge in [-0.15, -0.1) is 0 Å². The first kappa shape index (κ1) is 11.8. The highest BCUT2D eigenvalue weighted by molar-refractivity contribution is 9.10. The van der Waals surface area contributed by atoms with E-state index in [1.807, 2.05) is 0 Å². The van der Waals surface area contributed by atoms with E-state index in [0.717, 1.165) is 5.56 Å². The highest BCUT2D eigenvalue weighted by Gasteiger charge is 2.06. The van der Waals surface area contributed by atoms with E-state index in [1.54, 1.807) is 19.1 Å². The van der Waals surface area contributed by atoms with Crippen LogP contribution in [0.25, 0.3) is 0 Å². The summed E-state index contributed by atoms with van der Waals surface area (Å²) in [5.41, 5.74) is 6.99. The van der Waals surface area contributed by atoms with E-state index in [1.165, 1.54) is 12.4 Å². The van der Waals surface area contributed by atoms with Crippen molar-refractivity contribution in [3.05, 3.63) is 40.4 Å². The zero-order chi connectivity index (χ0) is 12.4. The molecule has 0 atom stereocenters. The van der Waals surface area contributed by atoms with Crippen LogP contribution in [-0.4, -0.2) is 9.97 Å². The predicted octanol–water partition coefficient (Wildman–Crippen LogP) is 3.01. The lowest BCUT2D eigenvalue weighted by Gasteiger charge is -2.09. The molecule has 0 spiro atoms. The molecule has 0 saturated carbocycles. The molecule has 6 heteroatoms. The Balaban J connectivity index is 2.31. The van der Waals surface area contributed by atoms with Gasteiger partial charge >= 0.3 is 0 Å². The van der Waals surface area contributed by atoms with Gasteiger partial charge in [-0.3, -0.25) is 0 Å². The fourth-order valence-electron chi connectivity index (χ4n) is 1.30. The van der Waals surface area contributed by atoms with Crippen LogP contribution < -0.4 is 11.1 Å². The monoisotopic (exact) mass is 296 g/mol. The molecular formula is C11H10BrFN4. The van der Waals surface area contributed by atoms with Crippen LogP contribution in [0.1, 0.15) is 5.56 Å². The normalized spacial score (nSPS) is 10.3. The lowest BCUT2D eigenvalue weighted by molar-refractivity contribution is 0.622. The maximum absolute atomic E-state index is 13.3. The summed E-state index contributed by atoms with van der Waals surface area (Å²) in [4.78, 5) is 7.91. The molecule has 3 N–H and O–H groups in total. The number of hydrogen-bond donors (Lipinski definition) is 2. The second-order valence-electron chi connectivity index (χ2n) is 3.49. The van der Waals surface area contributed by atoms with E-state index in [9.17, 15) is 4.39 Å². The Kier molecular flexibility index (Phi) is 3.23. The van der Waals surface area contributed by atoms with Crippen molar-refractivity contribution >= 4 is 33.3 Å². The third-order valence-corrected chi connectivity index (χ3v) is 2.95. The van der Waals surface area contributed by atoms with Gasteiger partial charge in [-0.2, -0.15) is 0 Å². The number of nitrogens with one attached hydrogen (secondary N) is 1. The summed E-state index contributed by atoms with van der Waals surface area (Å²) in [6.07, 6.45) is 1.36. The first-order valence-corrected chi connectivity index (χ1v) is 5.66. The lowest BCUT2D eigenvalue weighted by Crippen LogP contribution is -2.02. The van der Waals surface area contributed by atoms with Gasteiger partial charge in [-0.25, -0.2) is 14.4 Å². The van der Waals surface area contributed by atoms with E-state index in [-0.39, 0.29) is 5.82 Å². The average molecular weight is 297 g/mol. The minimum atomic E-state index is -0.338. The summed E-state index contributed by atoms with van der Waals surface area (Å²) < 4.78 is 13.7. The zero-order valence-electron chi connectivity index (χ0n) is 9.04. The second kappa shape index (κ2) is 4.67. The molecule has 0 amide bonds. The quantitative estimate of drug-likeness (QED) is 0.894. The molecule has 0 bridgehead atoms. The second-order valence-corrected chi connectivity index (χ2v) is 4.34. The summed E-state index contributed by atoms with van der Waals surface area (Å²) in [6.45, 7) is 1.80. The molecule has 0 aliphatic rings. The van der Waals surface area contributed by atoms with Crippen molar-refractivity contribution in [2.75, 3.05) is 11.1 Å². The first-order chi connectivity index (χ1) is 8.08. The maximum atomic E-state index is 13.3. The molecule has 2 rings (SSSR count). The van der Waals surface area contributed by atoms with Crippen molar-refractivity contribution in [2.24, 2.45) is 0 Å². The van der Waals surface area contributed by atoms with Gasteiger partial charge in [0.2, 0.25) is 0 Å². The van der Waals surface area contributed by atoms with Gasteiger partial charge in [-0.05, 0) is 41.1 Å². The summed E-state index contributed by atoms with van der Waals surface area (Å²) in [5, 5.41) is 2.99. The summed E-state index contributed by atoms with van der Waals surface area (Å²) in [6, 6.07) is 4.74. The van der Waals surface area contributed by atoms with Crippen molar-refractivity contribution in [3.8, 4) is 0 Å².